The van der Waals surface area contributed by atoms with E-state index in [9.17, 15) is 9.90 Å². The minimum absolute atomic E-state index is 0.208. The second-order valence-electron chi connectivity index (χ2n) is 4.08. The van der Waals surface area contributed by atoms with Gasteiger partial charge in [-0.1, -0.05) is 42.5 Å². The summed E-state index contributed by atoms with van der Waals surface area (Å²) in [4.78, 5) is 14.0. The lowest BCUT2D eigenvalue weighted by Gasteiger charge is -2.05. The van der Waals surface area contributed by atoms with E-state index in [1.54, 1.807) is 36.4 Å². The van der Waals surface area contributed by atoms with Gasteiger partial charge in [-0.05, 0) is 12.1 Å². The van der Waals surface area contributed by atoms with Crippen LogP contribution in [0.2, 0.25) is 0 Å². The number of fused-ring (bicyclic) bond motifs is 1. The summed E-state index contributed by atoms with van der Waals surface area (Å²) in [5.74, 6) is -0.140. The summed E-state index contributed by atoms with van der Waals surface area (Å²) in [5.41, 5.74) is 11.7. The van der Waals surface area contributed by atoms with Crippen LogP contribution >= 0.6 is 0 Å². The van der Waals surface area contributed by atoms with Crippen LogP contribution in [0.15, 0.2) is 63.8 Å². The fraction of sp³-hybridized carbons (Fsp3) is 0. The lowest BCUT2D eigenvalue weighted by Crippen LogP contribution is -2.02. The molecule has 0 saturated carbocycles. The van der Waals surface area contributed by atoms with Gasteiger partial charge in [0.05, 0.1) is 5.39 Å². The van der Waals surface area contributed by atoms with Gasteiger partial charge in [-0.2, -0.15) is 0 Å². The van der Waals surface area contributed by atoms with E-state index in [1.807, 2.05) is 23.1 Å². The summed E-state index contributed by atoms with van der Waals surface area (Å²) in [5, 5.41) is 10.3. The standard InChI is InChI=1S/C15H10O3.H2N3/c16-13-11-8-4-5-9-12(11)18-15(14(13)17)10-6-2-1-3-7-10;1-3-2/h1-9,17H;1-2H/q;+1. The highest BCUT2D eigenvalue weighted by atomic mass is 16.4. The molecule has 0 atom stereocenters. The van der Waals surface area contributed by atoms with Gasteiger partial charge < -0.3 is 9.52 Å². The third-order valence-electron chi connectivity index (χ3n) is 2.81. The first-order valence-electron chi connectivity index (χ1n) is 6.02. The first-order valence-corrected chi connectivity index (χ1v) is 6.02. The van der Waals surface area contributed by atoms with Crippen molar-refractivity contribution < 1.29 is 9.52 Å². The molecule has 0 fully saturated rings. The highest BCUT2D eigenvalue weighted by Gasteiger charge is 2.14. The summed E-state index contributed by atoms with van der Waals surface area (Å²) in [6.45, 7) is 0. The molecule has 104 valence electrons. The Morgan fingerprint density at radius 2 is 1.52 bits per heavy atom. The molecular formula is C15H12N3O3+. The lowest BCUT2D eigenvalue weighted by atomic mass is 10.1. The van der Waals surface area contributed by atoms with Crippen molar-refractivity contribution in [3.63, 3.8) is 0 Å². The van der Waals surface area contributed by atoms with Crippen molar-refractivity contribution in [3.05, 3.63) is 64.8 Å². The van der Waals surface area contributed by atoms with Crippen LogP contribution < -0.4 is 10.3 Å². The molecule has 0 aliphatic heterocycles. The van der Waals surface area contributed by atoms with Gasteiger partial charge >= 0.3 is 0 Å². The minimum atomic E-state index is -0.407. The number of nitrogens with zero attached hydrogens (tertiary/aromatic N) is 1. The Morgan fingerprint density at radius 1 is 0.952 bits per heavy atom. The monoisotopic (exact) mass is 282 g/mol. The van der Waals surface area contributed by atoms with Crippen LogP contribution in [0.3, 0.4) is 0 Å². The van der Waals surface area contributed by atoms with Gasteiger partial charge in [0, 0.05) is 5.56 Å². The Labute approximate surface area is 119 Å². The molecule has 0 bridgehead atoms. The van der Waals surface area contributed by atoms with Gasteiger partial charge in [0.2, 0.25) is 16.1 Å². The molecule has 1 aromatic heterocycles. The molecule has 3 rings (SSSR count). The summed E-state index contributed by atoms with van der Waals surface area (Å²) >= 11 is 0. The van der Waals surface area contributed by atoms with Crippen LogP contribution in [0.4, 0.5) is 0 Å². The maximum atomic E-state index is 12.0. The van der Waals surface area contributed by atoms with E-state index in [2.05, 4.69) is 0 Å². The number of hydrogen-bond acceptors (Lipinski definition) is 5. The van der Waals surface area contributed by atoms with Crippen molar-refractivity contribution in [2.24, 2.45) is 0 Å². The van der Waals surface area contributed by atoms with Gasteiger partial charge in [0.25, 0.3) is 0 Å². The topological polar surface area (TPSA) is 112 Å². The third kappa shape index (κ3) is 2.86. The van der Waals surface area contributed by atoms with E-state index >= 15 is 0 Å². The summed E-state index contributed by atoms with van der Waals surface area (Å²) in [6, 6.07) is 15.9. The molecule has 21 heavy (non-hydrogen) atoms. The van der Waals surface area contributed by atoms with E-state index in [0.717, 1.165) is 0 Å². The molecule has 0 aliphatic carbocycles. The van der Waals surface area contributed by atoms with Crippen molar-refractivity contribution >= 4 is 11.0 Å². The Bertz CT molecular complexity index is 851. The summed E-state index contributed by atoms with van der Waals surface area (Å²) < 4.78 is 5.61. The summed E-state index contributed by atoms with van der Waals surface area (Å²) in [6.07, 6.45) is 0. The third-order valence-corrected chi connectivity index (χ3v) is 2.81. The second-order valence-corrected chi connectivity index (χ2v) is 4.08. The van der Waals surface area contributed by atoms with E-state index in [4.69, 9.17) is 15.5 Å². The molecule has 3 aromatic rings. The predicted octanol–water partition coefficient (Wildman–Crippen LogP) is 3.28. The predicted molar refractivity (Wildman–Crippen MR) is 77.2 cm³/mol. The lowest BCUT2D eigenvalue weighted by molar-refractivity contribution is 0.449. The molecule has 0 amide bonds. The van der Waals surface area contributed by atoms with Crippen LogP contribution in [0.25, 0.3) is 22.3 Å². The van der Waals surface area contributed by atoms with E-state index in [1.165, 1.54) is 0 Å². The number of aromatic hydroxyl groups is 1. The fourth-order valence-corrected chi connectivity index (χ4v) is 1.92. The molecule has 3 N–H and O–H groups in total. The molecule has 0 spiro atoms. The zero-order chi connectivity index (χ0) is 15.2. The van der Waals surface area contributed by atoms with Gasteiger partial charge in [-0.15, -0.1) is 0 Å². The second kappa shape index (κ2) is 6.27. The van der Waals surface area contributed by atoms with Crippen molar-refractivity contribution in [1.29, 1.82) is 11.1 Å². The van der Waals surface area contributed by atoms with Gasteiger partial charge in [-0.3, -0.25) is 4.79 Å². The molecule has 1 heterocycles. The Kier molecular flexibility index (Phi) is 4.23. The Morgan fingerprint density at radius 3 is 2.19 bits per heavy atom. The van der Waals surface area contributed by atoms with E-state index in [0.29, 0.717) is 16.5 Å². The Balaban J connectivity index is 0.000000497. The quantitative estimate of drug-likeness (QED) is 0.470. The van der Waals surface area contributed by atoms with Crippen LogP contribution in [-0.2, 0) is 0 Å². The first kappa shape index (κ1) is 14.2. The molecule has 6 heteroatoms. The number of benzene rings is 2. The van der Waals surface area contributed by atoms with E-state index in [-0.39, 0.29) is 11.5 Å². The summed E-state index contributed by atoms with van der Waals surface area (Å²) in [7, 11) is 0. The first-order chi connectivity index (χ1) is 10.2. The normalized spacial score (nSPS) is 9.52. The molecule has 0 saturated heterocycles. The van der Waals surface area contributed by atoms with Crippen molar-refractivity contribution in [2.75, 3.05) is 0 Å². The van der Waals surface area contributed by atoms with Crippen LogP contribution in [0, 0.1) is 11.1 Å². The smallest absolute Gasteiger partial charge is 0.235 e. The van der Waals surface area contributed by atoms with Crippen LogP contribution in [-0.4, -0.2) is 5.11 Å². The molecule has 0 radical (unpaired) electrons. The molecular weight excluding hydrogens is 270 g/mol. The van der Waals surface area contributed by atoms with Gasteiger partial charge in [0.1, 0.15) is 16.6 Å². The van der Waals surface area contributed by atoms with Gasteiger partial charge in [-0.25, -0.2) is 0 Å². The maximum Gasteiger partial charge on any atom is 0.235 e. The van der Waals surface area contributed by atoms with E-state index < -0.39 is 5.43 Å². The maximum absolute atomic E-state index is 12.0. The van der Waals surface area contributed by atoms with Crippen molar-refractivity contribution in [3.8, 4) is 17.1 Å². The number of para-hydroxylation sites is 1. The molecule has 6 nitrogen and oxygen atoms in total. The fourth-order valence-electron chi connectivity index (χ4n) is 1.92. The van der Waals surface area contributed by atoms with Gasteiger partial charge in [0.15, 0.2) is 5.76 Å². The SMILES string of the molecule is N=[N+]=N.O=c1c(O)c(-c2ccccc2)oc2ccccc12. The largest absolute Gasteiger partial charge is 0.502 e. The average Bonchev–Trinajstić information content (AvgIpc) is 2.52. The number of nitrogens with one attached hydrogen (secondary N) is 2. The van der Waals surface area contributed by atoms with Crippen molar-refractivity contribution in [1.82, 2.24) is 4.91 Å². The highest BCUT2D eigenvalue weighted by molar-refractivity contribution is 5.81. The Hall–Kier alpha value is -3.24. The molecule has 0 aliphatic rings. The zero-order valence-corrected chi connectivity index (χ0v) is 10.9. The zero-order valence-electron chi connectivity index (χ0n) is 10.9. The molecule has 2 aromatic carbocycles. The highest BCUT2D eigenvalue weighted by Crippen LogP contribution is 2.29. The number of hydrogen-bond donors (Lipinski definition) is 3. The van der Waals surface area contributed by atoms with Crippen LogP contribution in [0.1, 0.15) is 0 Å². The number of rotatable bonds is 1. The van der Waals surface area contributed by atoms with Crippen LogP contribution in [0.5, 0.6) is 5.75 Å². The van der Waals surface area contributed by atoms with Crippen molar-refractivity contribution in [2.45, 2.75) is 0 Å². The average molecular weight is 282 g/mol. The minimum Gasteiger partial charge on any atom is -0.502 e. The molecule has 0 unspecified atom stereocenters.